The Kier molecular flexibility index (Phi) is 11.5. The van der Waals surface area contributed by atoms with E-state index in [9.17, 15) is 23.9 Å². The van der Waals surface area contributed by atoms with E-state index in [1.807, 2.05) is 37.3 Å². The van der Waals surface area contributed by atoms with E-state index in [1.54, 1.807) is 85.8 Å². The van der Waals surface area contributed by atoms with E-state index in [-0.39, 0.29) is 5.82 Å². The zero-order chi connectivity index (χ0) is 36.5. The topological polar surface area (TPSA) is 108 Å². The molecular weight excluding hydrogens is 647 g/mol. The van der Waals surface area contributed by atoms with Crippen molar-refractivity contribution in [2.75, 3.05) is 6.61 Å². The van der Waals surface area contributed by atoms with Crippen LogP contribution in [0.25, 0.3) is 10.4 Å². The van der Waals surface area contributed by atoms with Gasteiger partial charge in [0.1, 0.15) is 18.0 Å². The molecule has 1 aromatic heterocycles. The van der Waals surface area contributed by atoms with Crippen molar-refractivity contribution in [2.45, 2.75) is 106 Å². The highest BCUT2D eigenvalue weighted by Gasteiger charge is 2.54. The molecule has 8 nitrogen and oxygen atoms in total. The van der Waals surface area contributed by atoms with Gasteiger partial charge in [-0.25, -0.2) is 4.39 Å². The minimum absolute atomic E-state index is 0.290. The molecule has 2 heterocycles. The Bertz CT molecular complexity index is 1640. The van der Waals surface area contributed by atoms with Gasteiger partial charge in [0.05, 0.1) is 22.9 Å². The molecule has 0 bridgehead atoms. The molecule has 0 spiro atoms. The molecule has 0 unspecified atom stereocenters. The van der Waals surface area contributed by atoms with E-state index in [1.165, 1.54) is 12.1 Å². The van der Waals surface area contributed by atoms with Crippen LogP contribution in [0.2, 0.25) is 0 Å². The van der Waals surface area contributed by atoms with Crippen LogP contribution in [0.15, 0.2) is 54.6 Å². The molecule has 5 atom stereocenters. The van der Waals surface area contributed by atoms with Crippen LogP contribution in [0, 0.1) is 29.0 Å². The van der Waals surface area contributed by atoms with Gasteiger partial charge in [0.2, 0.25) is 0 Å². The molecule has 2 aromatic carbocycles. The molecule has 1 fully saturated rings. The minimum atomic E-state index is -1.29. The summed E-state index contributed by atoms with van der Waals surface area (Å²) in [6, 6.07) is 16.2. The van der Waals surface area contributed by atoms with Crippen molar-refractivity contribution in [3.05, 3.63) is 82.0 Å². The largest absolute Gasteiger partial charge is 0.455 e. The van der Waals surface area contributed by atoms with Gasteiger partial charge < -0.3 is 24.1 Å². The lowest BCUT2D eigenvalue weighted by atomic mass is 9.87. The summed E-state index contributed by atoms with van der Waals surface area (Å²) in [6.45, 7) is 16.7. The van der Waals surface area contributed by atoms with Crippen LogP contribution in [-0.2, 0) is 39.8 Å². The van der Waals surface area contributed by atoms with Gasteiger partial charge >= 0.3 is 17.9 Å². The Labute approximate surface area is 292 Å². The van der Waals surface area contributed by atoms with Crippen molar-refractivity contribution in [1.82, 2.24) is 0 Å². The third-order valence-electron chi connectivity index (χ3n) is 8.24. The summed E-state index contributed by atoms with van der Waals surface area (Å²) >= 11 is 1.61. The van der Waals surface area contributed by atoms with Crippen LogP contribution in [0.5, 0.6) is 0 Å². The average molecular weight is 697 g/mol. The Hall–Kier alpha value is -3.60. The molecule has 10 heteroatoms. The van der Waals surface area contributed by atoms with Gasteiger partial charge in [-0.05, 0) is 116 Å². The number of rotatable bonds is 8. The third kappa shape index (κ3) is 9.35. The Morgan fingerprint density at radius 2 is 1.29 bits per heavy atom. The Morgan fingerprint density at radius 3 is 1.82 bits per heavy atom. The second-order valence-corrected chi connectivity index (χ2v) is 16.9. The number of aliphatic hydroxyl groups excluding tert-OH is 1. The van der Waals surface area contributed by atoms with Crippen molar-refractivity contribution in [2.24, 2.45) is 16.2 Å². The van der Waals surface area contributed by atoms with E-state index >= 15 is 0 Å². The lowest BCUT2D eigenvalue weighted by Crippen LogP contribution is -2.60. The Balaban J connectivity index is 1.78. The molecule has 0 amide bonds. The smallest absolute Gasteiger partial charge is 0.311 e. The van der Waals surface area contributed by atoms with Gasteiger partial charge in [-0.15, -0.1) is 11.3 Å². The molecule has 49 heavy (non-hydrogen) atoms. The number of aliphatic hydroxyl groups is 1. The van der Waals surface area contributed by atoms with Crippen molar-refractivity contribution < 1.29 is 42.8 Å². The maximum atomic E-state index is 13.5. The number of halogens is 1. The first-order valence-corrected chi connectivity index (χ1v) is 17.3. The zero-order valence-electron chi connectivity index (χ0n) is 30.1. The summed E-state index contributed by atoms with van der Waals surface area (Å²) < 4.78 is 38.1. The fourth-order valence-corrected chi connectivity index (χ4v) is 6.16. The van der Waals surface area contributed by atoms with Crippen molar-refractivity contribution in [3.63, 3.8) is 0 Å². The highest BCUT2D eigenvalue weighted by atomic mass is 32.1. The first-order valence-electron chi connectivity index (χ1n) is 16.5. The molecule has 1 N–H and O–H groups in total. The third-order valence-corrected chi connectivity index (χ3v) is 9.37. The Morgan fingerprint density at radius 1 is 0.755 bits per heavy atom. The molecule has 1 aliphatic heterocycles. The second kappa shape index (κ2) is 14.7. The SMILES string of the molecule is Cc1ccc([C@@H]2O[C@H](CO)[C@@H](OC(=O)C(C)(C)C)[C@H](OC(=O)C(C)(C)C)[C@H]2OC(=O)C(C)(C)C)cc1Cc1ccc(-c2ccc(F)cc2)s1. The van der Waals surface area contributed by atoms with Crippen molar-refractivity contribution >= 4 is 29.2 Å². The predicted molar refractivity (Wildman–Crippen MR) is 186 cm³/mol. The molecule has 0 saturated carbocycles. The molecule has 3 aromatic rings. The predicted octanol–water partition coefficient (Wildman–Crippen LogP) is 7.76. The first kappa shape index (κ1) is 38.2. The minimum Gasteiger partial charge on any atom is -0.455 e. The van der Waals surface area contributed by atoms with E-state index in [2.05, 4.69) is 0 Å². The van der Waals surface area contributed by atoms with E-state index < -0.39 is 71.3 Å². The maximum Gasteiger partial charge on any atom is 0.311 e. The van der Waals surface area contributed by atoms with Crippen LogP contribution in [0.3, 0.4) is 0 Å². The van der Waals surface area contributed by atoms with Crippen LogP contribution in [-0.4, -0.2) is 54.0 Å². The van der Waals surface area contributed by atoms with Crippen molar-refractivity contribution in [3.8, 4) is 10.4 Å². The number of hydrogen-bond acceptors (Lipinski definition) is 9. The maximum absolute atomic E-state index is 13.5. The zero-order valence-corrected chi connectivity index (χ0v) is 30.9. The lowest BCUT2D eigenvalue weighted by molar-refractivity contribution is -0.260. The molecule has 0 radical (unpaired) electrons. The summed E-state index contributed by atoms with van der Waals surface area (Å²) in [5.41, 5.74) is 0.786. The molecule has 4 rings (SSSR count). The molecule has 0 aliphatic carbocycles. The highest BCUT2D eigenvalue weighted by molar-refractivity contribution is 7.15. The first-order chi connectivity index (χ1) is 22.7. The number of benzene rings is 2. The number of aryl methyl sites for hydroxylation is 1. The quantitative estimate of drug-likeness (QED) is 0.188. The van der Waals surface area contributed by atoms with E-state index in [0.29, 0.717) is 12.0 Å². The van der Waals surface area contributed by atoms with Gasteiger partial charge in [0.15, 0.2) is 18.3 Å². The van der Waals surface area contributed by atoms with E-state index in [0.717, 1.165) is 26.4 Å². The summed E-state index contributed by atoms with van der Waals surface area (Å²) in [5.74, 6) is -2.04. The van der Waals surface area contributed by atoms with Crippen LogP contribution in [0.1, 0.15) is 90.0 Å². The summed E-state index contributed by atoms with van der Waals surface area (Å²) in [6.07, 6.45) is -5.27. The van der Waals surface area contributed by atoms with Crippen LogP contribution in [0.4, 0.5) is 4.39 Å². The average Bonchev–Trinajstić information content (AvgIpc) is 3.47. The van der Waals surface area contributed by atoms with Gasteiger partial charge in [0.25, 0.3) is 0 Å². The lowest BCUT2D eigenvalue weighted by Gasteiger charge is -2.46. The van der Waals surface area contributed by atoms with Crippen molar-refractivity contribution in [1.29, 1.82) is 0 Å². The van der Waals surface area contributed by atoms with Gasteiger partial charge in [0, 0.05) is 16.2 Å². The monoisotopic (exact) mass is 696 g/mol. The molecule has 1 aliphatic rings. The number of thiophene rings is 1. The van der Waals surface area contributed by atoms with Crippen LogP contribution < -0.4 is 0 Å². The summed E-state index contributed by atoms with van der Waals surface area (Å²) in [4.78, 5) is 42.2. The molecule has 1 saturated heterocycles. The van der Waals surface area contributed by atoms with Gasteiger partial charge in [-0.3, -0.25) is 14.4 Å². The van der Waals surface area contributed by atoms with E-state index in [4.69, 9.17) is 18.9 Å². The number of carbonyl (C=O) groups excluding carboxylic acids is 3. The van der Waals surface area contributed by atoms with Crippen LogP contribution >= 0.6 is 11.3 Å². The second-order valence-electron chi connectivity index (χ2n) is 15.8. The number of ether oxygens (including phenoxy) is 4. The number of hydrogen-bond donors (Lipinski definition) is 1. The fraction of sp³-hybridized carbons (Fsp3) is 0.513. The fourth-order valence-electron chi connectivity index (χ4n) is 5.12. The number of carbonyl (C=O) groups is 3. The van der Waals surface area contributed by atoms with Gasteiger partial charge in [-0.1, -0.05) is 30.3 Å². The normalized spacial score (nSPS) is 21.6. The summed E-state index contributed by atoms with van der Waals surface area (Å²) in [7, 11) is 0. The molecular formula is C39H49FO8S. The highest BCUT2D eigenvalue weighted by Crippen LogP contribution is 2.41. The number of esters is 3. The van der Waals surface area contributed by atoms with Gasteiger partial charge in [-0.2, -0.15) is 0 Å². The standard InChI is InChI=1S/C39H49FO8S/c1-22-11-12-24(19-25(22)20-27-17-18-29(49-27)23-13-15-26(40)16-14-23)30-32(47-35(43)38(5,6)7)33(48-36(44)39(8,9)10)31(28(21-41)45-30)46-34(42)37(2,3)4/h11-19,28,30-33,41H,20-21H2,1-10H3/t28-,30+,31-,32+,33+/m1/s1. The molecule has 266 valence electrons. The summed E-state index contributed by atoms with van der Waals surface area (Å²) in [5, 5.41) is 10.6.